The average Bonchev–Trinajstić information content (AvgIpc) is 2.96. The summed E-state index contributed by atoms with van der Waals surface area (Å²) >= 11 is 0. The molecule has 0 fully saturated rings. The van der Waals surface area contributed by atoms with E-state index in [4.69, 9.17) is 4.74 Å². The lowest BCUT2D eigenvalue weighted by atomic mass is 10.0. The maximum Gasteiger partial charge on any atom is 0.408 e. The van der Waals surface area contributed by atoms with E-state index in [2.05, 4.69) is 27.8 Å². The molecule has 9 nitrogen and oxygen atoms in total. The maximum absolute atomic E-state index is 13.6. The van der Waals surface area contributed by atoms with E-state index in [1.807, 2.05) is 54.6 Å². The summed E-state index contributed by atoms with van der Waals surface area (Å²) in [5.74, 6) is 3.13. The molecule has 3 rings (SSSR count). The quantitative estimate of drug-likeness (QED) is 0.253. The van der Waals surface area contributed by atoms with Crippen LogP contribution in [0.1, 0.15) is 43.9 Å². The number of alkyl carbamates (subject to hydrolysis) is 1. The summed E-state index contributed by atoms with van der Waals surface area (Å²) in [5.41, 5.74) is 1.46. The number of carbonyl (C=O) groups excluding carboxylic acids is 3. The highest BCUT2D eigenvalue weighted by atomic mass is 16.6. The Hall–Kier alpha value is -5.10. The molecule has 224 valence electrons. The molecule has 3 atom stereocenters. The fourth-order valence-electron chi connectivity index (χ4n) is 4.09. The van der Waals surface area contributed by atoms with Crippen molar-refractivity contribution in [2.45, 2.75) is 63.8 Å². The summed E-state index contributed by atoms with van der Waals surface area (Å²) < 4.78 is 5.37. The Kier molecular flexibility index (Phi) is 11.9. The van der Waals surface area contributed by atoms with Gasteiger partial charge in [-0.2, -0.15) is 0 Å². The van der Waals surface area contributed by atoms with Crippen LogP contribution in [0.25, 0.3) is 0 Å². The fraction of sp³-hybridized carbons (Fsp3) is 0.294. The summed E-state index contributed by atoms with van der Waals surface area (Å²) in [4.78, 5) is 51.7. The molecule has 3 aromatic rings. The van der Waals surface area contributed by atoms with E-state index >= 15 is 0 Å². The molecule has 3 amide bonds. The minimum atomic E-state index is -1.31. The zero-order valence-electron chi connectivity index (χ0n) is 24.5. The first-order valence-corrected chi connectivity index (χ1v) is 13.9. The van der Waals surface area contributed by atoms with Crippen LogP contribution in [0.3, 0.4) is 0 Å². The Morgan fingerprint density at radius 2 is 1.14 bits per heavy atom. The predicted octanol–water partition coefficient (Wildman–Crippen LogP) is 3.86. The van der Waals surface area contributed by atoms with Gasteiger partial charge in [0.15, 0.2) is 0 Å². The molecule has 4 N–H and O–H groups in total. The van der Waals surface area contributed by atoms with E-state index in [1.165, 1.54) is 0 Å². The van der Waals surface area contributed by atoms with Crippen molar-refractivity contribution < 1.29 is 29.0 Å². The number of benzene rings is 3. The van der Waals surface area contributed by atoms with Crippen molar-refractivity contribution in [3.8, 4) is 11.8 Å². The minimum Gasteiger partial charge on any atom is -0.480 e. The third-order valence-electron chi connectivity index (χ3n) is 6.13. The molecule has 0 spiro atoms. The van der Waals surface area contributed by atoms with Gasteiger partial charge in [-0.05, 0) is 44.0 Å². The van der Waals surface area contributed by atoms with Gasteiger partial charge in [-0.1, -0.05) is 90.7 Å². The van der Waals surface area contributed by atoms with Crippen molar-refractivity contribution in [3.63, 3.8) is 0 Å². The first-order chi connectivity index (χ1) is 20.5. The van der Waals surface area contributed by atoms with Crippen molar-refractivity contribution in [3.05, 3.63) is 108 Å². The van der Waals surface area contributed by atoms with Crippen molar-refractivity contribution in [2.75, 3.05) is 0 Å². The standard InChI is InChI=1S/C34H37N3O6/c1-34(2,3)43-33(42)37-29(23-26-18-11-6-12-19-26)31(39)36-28(22-25-16-9-5-10-17-25)30(38)35-27(32(40)41)21-13-20-24-14-7-4-8-15-24/h4-12,14-19,27-29H,21-23H2,1-3H3,(H,35,38)(H,36,39)(H,37,42)(H,40,41). The topological polar surface area (TPSA) is 134 Å². The highest BCUT2D eigenvalue weighted by Crippen LogP contribution is 2.10. The van der Waals surface area contributed by atoms with Gasteiger partial charge in [0, 0.05) is 24.8 Å². The number of carboxylic acid groups (broad SMARTS) is 1. The summed E-state index contributed by atoms with van der Waals surface area (Å²) in [6, 6.07) is 23.7. The molecular weight excluding hydrogens is 546 g/mol. The van der Waals surface area contributed by atoms with Crippen LogP contribution in [0.4, 0.5) is 4.79 Å². The molecule has 0 aromatic heterocycles. The van der Waals surface area contributed by atoms with Crippen LogP contribution in [0, 0.1) is 11.8 Å². The summed E-state index contributed by atoms with van der Waals surface area (Å²) in [6.07, 6.45) is -0.696. The Bertz CT molecular complexity index is 1430. The Labute approximate surface area is 252 Å². The van der Waals surface area contributed by atoms with E-state index in [0.29, 0.717) is 5.56 Å². The first kappa shape index (κ1) is 32.4. The molecule has 0 heterocycles. The van der Waals surface area contributed by atoms with Crippen LogP contribution < -0.4 is 16.0 Å². The molecule has 0 aliphatic heterocycles. The van der Waals surface area contributed by atoms with Crippen molar-refractivity contribution in [1.29, 1.82) is 0 Å². The number of ether oxygens (including phenoxy) is 1. The van der Waals surface area contributed by atoms with E-state index in [1.54, 1.807) is 57.2 Å². The Morgan fingerprint density at radius 1 is 0.698 bits per heavy atom. The van der Waals surface area contributed by atoms with Crippen LogP contribution in [-0.4, -0.2) is 52.7 Å². The smallest absolute Gasteiger partial charge is 0.408 e. The van der Waals surface area contributed by atoms with Gasteiger partial charge in [0.05, 0.1) is 0 Å². The molecule has 0 radical (unpaired) electrons. The van der Waals surface area contributed by atoms with Crippen molar-refractivity contribution >= 4 is 23.9 Å². The molecule has 9 heteroatoms. The van der Waals surface area contributed by atoms with E-state index in [9.17, 15) is 24.3 Å². The summed E-state index contributed by atoms with van der Waals surface area (Å²) in [7, 11) is 0. The Morgan fingerprint density at radius 3 is 1.60 bits per heavy atom. The van der Waals surface area contributed by atoms with Gasteiger partial charge in [-0.3, -0.25) is 9.59 Å². The monoisotopic (exact) mass is 583 g/mol. The lowest BCUT2D eigenvalue weighted by Gasteiger charge is -2.26. The van der Waals surface area contributed by atoms with Crippen molar-refractivity contribution in [2.24, 2.45) is 0 Å². The van der Waals surface area contributed by atoms with E-state index in [0.717, 1.165) is 11.1 Å². The second-order valence-electron chi connectivity index (χ2n) is 10.9. The lowest BCUT2D eigenvalue weighted by Crippen LogP contribution is -2.57. The number of rotatable bonds is 11. The molecule has 0 aliphatic carbocycles. The average molecular weight is 584 g/mol. The number of hydrogen-bond donors (Lipinski definition) is 4. The largest absolute Gasteiger partial charge is 0.480 e. The second-order valence-corrected chi connectivity index (χ2v) is 10.9. The highest BCUT2D eigenvalue weighted by molar-refractivity contribution is 5.93. The van der Waals surface area contributed by atoms with E-state index in [-0.39, 0.29) is 19.3 Å². The van der Waals surface area contributed by atoms with Gasteiger partial charge >= 0.3 is 12.1 Å². The number of carbonyl (C=O) groups is 4. The van der Waals surface area contributed by atoms with Crippen LogP contribution in [0.5, 0.6) is 0 Å². The third kappa shape index (κ3) is 11.7. The molecule has 0 saturated carbocycles. The molecule has 3 unspecified atom stereocenters. The van der Waals surface area contributed by atoms with Gasteiger partial charge in [0.1, 0.15) is 23.7 Å². The number of aliphatic carboxylic acids is 1. The molecular formula is C34H37N3O6. The number of amides is 3. The zero-order chi connectivity index (χ0) is 31.2. The number of carboxylic acids is 1. The zero-order valence-corrected chi connectivity index (χ0v) is 24.5. The fourth-order valence-corrected chi connectivity index (χ4v) is 4.09. The van der Waals surface area contributed by atoms with Gasteiger partial charge in [-0.25, -0.2) is 9.59 Å². The van der Waals surface area contributed by atoms with Crippen LogP contribution in [0.2, 0.25) is 0 Å². The van der Waals surface area contributed by atoms with Gasteiger partial charge in [-0.15, -0.1) is 0 Å². The van der Waals surface area contributed by atoms with Crippen LogP contribution in [-0.2, 0) is 32.0 Å². The molecule has 0 aliphatic rings. The molecule has 0 saturated heterocycles. The van der Waals surface area contributed by atoms with Crippen LogP contribution >= 0.6 is 0 Å². The first-order valence-electron chi connectivity index (χ1n) is 13.9. The molecule has 0 bridgehead atoms. The lowest BCUT2D eigenvalue weighted by molar-refractivity contribution is -0.142. The van der Waals surface area contributed by atoms with Gasteiger partial charge in [0.2, 0.25) is 11.8 Å². The third-order valence-corrected chi connectivity index (χ3v) is 6.13. The van der Waals surface area contributed by atoms with Gasteiger partial charge in [0.25, 0.3) is 0 Å². The summed E-state index contributed by atoms with van der Waals surface area (Å²) in [5, 5.41) is 17.7. The Balaban J connectivity index is 1.81. The SMILES string of the molecule is CC(C)(C)OC(=O)NC(Cc1ccccc1)C(=O)NC(Cc1ccccc1)C(=O)NC(CC#Cc1ccccc1)C(=O)O. The maximum atomic E-state index is 13.6. The summed E-state index contributed by atoms with van der Waals surface area (Å²) in [6.45, 7) is 5.13. The van der Waals surface area contributed by atoms with Gasteiger partial charge < -0.3 is 25.8 Å². The number of hydrogen-bond acceptors (Lipinski definition) is 5. The van der Waals surface area contributed by atoms with Crippen LogP contribution in [0.15, 0.2) is 91.0 Å². The predicted molar refractivity (Wildman–Crippen MR) is 163 cm³/mol. The second kappa shape index (κ2) is 15.8. The molecule has 3 aromatic carbocycles. The molecule has 43 heavy (non-hydrogen) atoms. The minimum absolute atomic E-state index is 0.0882. The number of nitrogens with one attached hydrogen (secondary N) is 3. The normalized spacial score (nSPS) is 12.8. The van der Waals surface area contributed by atoms with E-state index < -0.39 is 47.6 Å². The highest BCUT2D eigenvalue weighted by Gasteiger charge is 2.30. The van der Waals surface area contributed by atoms with Crippen molar-refractivity contribution in [1.82, 2.24) is 16.0 Å².